The molecule has 3 rings (SSSR count). The number of benzene rings is 2. The zero-order chi connectivity index (χ0) is 16.9. The lowest BCUT2D eigenvalue weighted by molar-refractivity contribution is -0.111. The van der Waals surface area contributed by atoms with Gasteiger partial charge in [0.05, 0.1) is 19.9 Å². The van der Waals surface area contributed by atoms with Crippen LogP contribution in [0.3, 0.4) is 0 Å². The topological polar surface area (TPSA) is 66.0 Å². The van der Waals surface area contributed by atoms with E-state index < -0.39 is 0 Å². The van der Waals surface area contributed by atoms with E-state index in [1.54, 1.807) is 31.4 Å². The van der Waals surface area contributed by atoms with Crippen LogP contribution in [0.25, 0.3) is 6.08 Å². The van der Waals surface area contributed by atoms with Crippen molar-refractivity contribution in [2.75, 3.05) is 26.3 Å². The molecule has 124 valence electrons. The van der Waals surface area contributed by atoms with Gasteiger partial charge >= 0.3 is 0 Å². The minimum Gasteiger partial charge on any atom is -0.497 e. The Hall–Kier alpha value is -3.15. The van der Waals surface area contributed by atoms with Crippen molar-refractivity contribution in [3.63, 3.8) is 0 Å². The third-order valence-corrected chi connectivity index (χ3v) is 3.49. The highest BCUT2D eigenvalue weighted by molar-refractivity contribution is 6.02. The van der Waals surface area contributed by atoms with Crippen LogP contribution in [0.1, 0.15) is 5.56 Å². The maximum Gasteiger partial charge on any atom is 0.248 e. The highest BCUT2D eigenvalue weighted by Crippen LogP contribution is 2.33. The summed E-state index contributed by atoms with van der Waals surface area (Å²) in [5.41, 5.74) is 1.41. The largest absolute Gasteiger partial charge is 0.497 e. The first kappa shape index (κ1) is 15.7. The van der Waals surface area contributed by atoms with Gasteiger partial charge in [-0.2, -0.15) is 0 Å². The van der Waals surface area contributed by atoms with Crippen molar-refractivity contribution < 1.29 is 23.7 Å². The molecule has 1 N–H and O–H groups in total. The van der Waals surface area contributed by atoms with Gasteiger partial charge in [-0.15, -0.1) is 0 Å². The first-order chi connectivity index (χ1) is 11.7. The summed E-state index contributed by atoms with van der Waals surface area (Å²) < 4.78 is 20.9. The van der Waals surface area contributed by atoms with Crippen LogP contribution in [-0.4, -0.2) is 26.9 Å². The number of carbonyl (C=O) groups is 1. The number of anilines is 1. The van der Waals surface area contributed by atoms with E-state index in [1.165, 1.54) is 13.2 Å². The van der Waals surface area contributed by atoms with Crippen molar-refractivity contribution in [1.29, 1.82) is 0 Å². The summed E-state index contributed by atoms with van der Waals surface area (Å²) >= 11 is 0. The molecular formula is C18H17NO5. The van der Waals surface area contributed by atoms with Gasteiger partial charge in [0.2, 0.25) is 12.7 Å². The van der Waals surface area contributed by atoms with Crippen molar-refractivity contribution in [3.8, 4) is 23.0 Å². The fraction of sp³-hybridized carbons (Fsp3) is 0.167. The highest BCUT2D eigenvalue weighted by Gasteiger charge is 2.12. The smallest absolute Gasteiger partial charge is 0.248 e. The Kier molecular flexibility index (Phi) is 4.56. The van der Waals surface area contributed by atoms with Crippen molar-refractivity contribution in [2.24, 2.45) is 0 Å². The number of hydrogen-bond donors (Lipinski definition) is 1. The molecule has 1 aliphatic rings. The lowest BCUT2D eigenvalue weighted by Crippen LogP contribution is -2.08. The molecule has 0 saturated heterocycles. The molecule has 0 fully saturated rings. The SMILES string of the molecule is COc1ccc(NC(=O)/C=C/c2ccc3c(c2)OCO3)c(OC)c1. The number of hydrogen-bond acceptors (Lipinski definition) is 5. The van der Waals surface area contributed by atoms with Crippen molar-refractivity contribution >= 4 is 17.7 Å². The Balaban J connectivity index is 1.69. The summed E-state index contributed by atoms with van der Waals surface area (Å²) in [5, 5.41) is 2.77. The maximum absolute atomic E-state index is 12.1. The third-order valence-electron chi connectivity index (χ3n) is 3.49. The predicted molar refractivity (Wildman–Crippen MR) is 89.8 cm³/mol. The standard InChI is InChI=1S/C18H17NO5/c1-21-13-5-6-14(16(10-13)22-2)19-18(20)8-4-12-3-7-15-17(9-12)24-11-23-15/h3-10H,11H2,1-2H3,(H,19,20)/b8-4+. The molecule has 0 saturated carbocycles. The second-order valence-corrected chi connectivity index (χ2v) is 5.00. The normalized spacial score (nSPS) is 12.2. The second kappa shape index (κ2) is 6.95. The molecule has 6 heteroatoms. The van der Waals surface area contributed by atoms with E-state index in [1.807, 2.05) is 18.2 Å². The second-order valence-electron chi connectivity index (χ2n) is 5.00. The van der Waals surface area contributed by atoms with Gasteiger partial charge in [0, 0.05) is 12.1 Å². The molecule has 1 aliphatic heterocycles. The minimum atomic E-state index is -0.267. The van der Waals surface area contributed by atoms with Crippen LogP contribution in [-0.2, 0) is 4.79 Å². The van der Waals surface area contributed by atoms with Gasteiger partial charge < -0.3 is 24.3 Å². The molecular weight excluding hydrogens is 310 g/mol. The molecule has 0 atom stereocenters. The van der Waals surface area contributed by atoms with E-state index in [0.29, 0.717) is 28.7 Å². The zero-order valence-corrected chi connectivity index (χ0v) is 13.4. The fourth-order valence-electron chi connectivity index (χ4n) is 2.26. The van der Waals surface area contributed by atoms with Gasteiger partial charge in [0.15, 0.2) is 11.5 Å². The Morgan fingerprint density at radius 2 is 1.92 bits per heavy atom. The fourth-order valence-corrected chi connectivity index (χ4v) is 2.26. The Morgan fingerprint density at radius 1 is 1.08 bits per heavy atom. The number of methoxy groups -OCH3 is 2. The van der Waals surface area contributed by atoms with Gasteiger partial charge in [0.25, 0.3) is 0 Å². The molecule has 0 aromatic heterocycles. The maximum atomic E-state index is 12.1. The van der Waals surface area contributed by atoms with Crippen LogP contribution in [0.2, 0.25) is 0 Å². The molecule has 1 heterocycles. The first-order valence-corrected chi connectivity index (χ1v) is 7.30. The van der Waals surface area contributed by atoms with Crippen LogP contribution in [0, 0.1) is 0 Å². The summed E-state index contributed by atoms with van der Waals surface area (Å²) in [6, 6.07) is 10.7. The van der Waals surface area contributed by atoms with Crippen LogP contribution >= 0.6 is 0 Å². The van der Waals surface area contributed by atoms with Crippen LogP contribution in [0.4, 0.5) is 5.69 Å². The van der Waals surface area contributed by atoms with E-state index in [9.17, 15) is 4.79 Å². The van der Waals surface area contributed by atoms with Gasteiger partial charge in [-0.25, -0.2) is 0 Å². The van der Waals surface area contributed by atoms with E-state index >= 15 is 0 Å². The molecule has 1 amide bonds. The quantitative estimate of drug-likeness (QED) is 0.855. The van der Waals surface area contributed by atoms with Gasteiger partial charge in [-0.3, -0.25) is 4.79 Å². The van der Waals surface area contributed by atoms with Crippen molar-refractivity contribution in [1.82, 2.24) is 0 Å². The molecule has 0 unspecified atom stereocenters. The van der Waals surface area contributed by atoms with Crippen LogP contribution in [0.5, 0.6) is 23.0 Å². The number of nitrogens with one attached hydrogen (secondary N) is 1. The van der Waals surface area contributed by atoms with Crippen molar-refractivity contribution in [3.05, 3.63) is 48.0 Å². The average molecular weight is 327 g/mol. The van der Waals surface area contributed by atoms with Crippen molar-refractivity contribution in [2.45, 2.75) is 0 Å². The predicted octanol–water partition coefficient (Wildman–Crippen LogP) is 3.08. The molecule has 6 nitrogen and oxygen atoms in total. The molecule has 2 aromatic carbocycles. The minimum absolute atomic E-state index is 0.222. The van der Waals surface area contributed by atoms with E-state index in [4.69, 9.17) is 18.9 Å². The monoisotopic (exact) mass is 327 g/mol. The molecule has 0 spiro atoms. The molecule has 0 radical (unpaired) electrons. The number of fused-ring (bicyclic) bond motifs is 1. The summed E-state index contributed by atoms with van der Waals surface area (Å²) in [6.45, 7) is 0.222. The number of carbonyl (C=O) groups excluding carboxylic acids is 1. The number of rotatable bonds is 5. The van der Waals surface area contributed by atoms with Gasteiger partial charge in [0.1, 0.15) is 11.5 Å². The number of amides is 1. The third kappa shape index (κ3) is 3.43. The number of ether oxygens (including phenoxy) is 4. The van der Waals surface area contributed by atoms with E-state index in [2.05, 4.69) is 5.32 Å². The summed E-state index contributed by atoms with van der Waals surface area (Å²) in [6.07, 6.45) is 3.15. The molecule has 2 aromatic rings. The Labute approximate surface area is 139 Å². The lowest BCUT2D eigenvalue weighted by atomic mass is 10.2. The van der Waals surface area contributed by atoms with Gasteiger partial charge in [-0.1, -0.05) is 6.07 Å². The van der Waals surface area contributed by atoms with Crippen LogP contribution < -0.4 is 24.3 Å². The molecule has 0 bridgehead atoms. The highest BCUT2D eigenvalue weighted by atomic mass is 16.7. The summed E-state index contributed by atoms with van der Waals surface area (Å²) in [5.74, 6) is 2.30. The van der Waals surface area contributed by atoms with E-state index in [0.717, 1.165) is 5.56 Å². The Bertz CT molecular complexity index is 785. The Morgan fingerprint density at radius 3 is 2.71 bits per heavy atom. The summed E-state index contributed by atoms with van der Waals surface area (Å²) in [4.78, 5) is 12.1. The lowest BCUT2D eigenvalue weighted by Gasteiger charge is -2.10. The first-order valence-electron chi connectivity index (χ1n) is 7.30. The molecule has 0 aliphatic carbocycles. The van der Waals surface area contributed by atoms with Gasteiger partial charge in [-0.05, 0) is 35.9 Å². The molecule has 24 heavy (non-hydrogen) atoms. The van der Waals surface area contributed by atoms with E-state index in [-0.39, 0.29) is 12.7 Å². The zero-order valence-electron chi connectivity index (χ0n) is 13.4. The van der Waals surface area contributed by atoms with Crippen LogP contribution in [0.15, 0.2) is 42.5 Å². The summed E-state index contributed by atoms with van der Waals surface area (Å²) in [7, 11) is 3.11. The average Bonchev–Trinajstić information content (AvgIpc) is 3.08.